The second-order valence-electron chi connectivity index (χ2n) is 6.83. The maximum absolute atomic E-state index is 12.5. The SMILES string of the molecule is Cc1cc(NC(=O)CN2CCN(C(=O)/C=C/c3nc4ccccc4s3)CC2)no1. The summed E-state index contributed by atoms with van der Waals surface area (Å²) >= 11 is 1.56. The molecule has 2 amide bonds. The van der Waals surface area contributed by atoms with Crippen LogP contribution in [0.25, 0.3) is 16.3 Å². The van der Waals surface area contributed by atoms with Crippen LogP contribution in [0, 0.1) is 6.92 Å². The van der Waals surface area contributed by atoms with Gasteiger partial charge in [0.05, 0.1) is 16.8 Å². The average Bonchev–Trinajstić information content (AvgIpc) is 3.32. The first kappa shape index (κ1) is 19.3. The van der Waals surface area contributed by atoms with E-state index in [0.29, 0.717) is 37.8 Å². The zero-order chi connectivity index (χ0) is 20.2. The van der Waals surface area contributed by atoms with Gasteiger partial charge < -0.3 is 14.7 Å². The number of hydrogen-bond donors (Lipinski definition) is 1. The van der Waals surface area contributed by atoms with Crippen molar-refractivity contribution in [2.24, 2.45) is 0 Å². The molecule has 0 atom stereocenters. The molecule has 150 valence electrons. The minimum absolute atomic E-state index is 0.0357. The van der Waals surface area contributed by atoms with Gasteiger partial charge in [-0.05, 0) is 25.1 Å². The van der Waals surface area contributed by atoms with Crippen molar-refractivity contribution < 1.29 is 14.1 Å². The average molecular weight is 411 g/mol. The van der Waals surface area contributed by atoms with Crippen LogP contribution in [-0.2, 0) is 9.59 Å². The molecule has 1 aliphatic heterocycles. The Hall–Kier alpha value is -3.04. The van der Waals surface area contributed by atoms with Crippen LogP contribution >= 0.6 is 11.3 Å². The largest absolute Gasteiger partial charge is 0.360 e. The summed E-state index contributed by atoms with van der Waals surface area (Å²) in [5.41, 5.74) is 0.942. The predicted molar refractivity (Wildman–Crippen MR) is 112 cm³/mol. The third kappa shape index (κ3) is 4.87. The molecular formula is C20H21N5O3S. The smallest absolute Gasteiger partial charge is 0.246 e. The number of nitrogens with zero attached hydrogens (tertiary/aromatic N) is 4. The van der Waals surface area contributed by atoms with Crippen LogP contribution in [0.5, 0.6) is 0 Å². The number of aryl methyl sites for hydroxylation is 1. The molecule has 3 aromatic rings. The lowest BCUT2D eigenvalue weighted by molar-refractivity contribution is -0.127. The topological polar surface area (TPSA) is 91.6 Å². The molecule has 29 heavy (non-hydrogen) atoms. The third-order valence-corrected chi connectivity index (χ3v) is 5.63. The number of rotatable bonds is 5. The van der Waals surface area contributed by atoms with Gasteiger partial charge in [0.1, 0.15) is 10.8 Å². The Bertz CT molecular complexity index is 1020. The summed E-state index contributed by atoms with van der Waals surface area (Å²) in [7, 11) is 0. The number of thiazole rings is 1. The first-order valence-electron chi connectivity index (χ1n) is 9.35. The van der Waals surface area contributed by atoms with Gasteiger partial charge in [-0.2, -0.15) is 0 Å². The van der Waals surface area contributed by atoms with Crippen LogP contribution in [0.15, 0.2) is 40.9 Å². The van der Waals surface area contributed by atoms with Gasteiger partial charge in [-0.15, -0.1) is 11.3 Å². The molecular weight excluding hydrogens is 390 g/mol. The van der Waals surface area contributed by atoms with Crippen molar-refractivity contribution in [2.45, 2.75) is 6.92 Å². The van der Waals surface area contributed by atoms with Crippen LogP contribution in [0.1, 0.15) is 10.8 Å². The van der Waals surface area contributed by atoms with Crippen LogP contribution in [0.4, 0.5) is 5.82 Å². The number of piperazine rings is 1. The third-order valence-electron chi connectivity index (χ3n) is 4.63. The van der Waals surface area contributed by atoms with E-state index in [4.69, 9.17) is 4.52 Å². The summed E-state index contributed by atoms with van der Waals surface area (Å²) in [5, 5.41) is 7.28. The fourth-order valence-electron chi connectivity index (χ4n) is 3.15. The second kappa shape index (κ2) is 8.54. The zero-order valence-electron chi connectivity index (χ0n) is 16.0. The summed E-state index contributed by atoms with van der Waals surface area (Å²) in [6.45, 7) is 4.48. The lowest BCUT2D eigenvalue weighted by Crippen LogP contribution is -2.50. The number of carbonyl (C=O) groups excluding carboxylic acids is 2. The lowest BCUT2D eigenvalue weighted by Gasteiger charge is -2.33. The first-order chi connectivity index (χ1) is 14.1. The van der Waals surface area contributed by atoms with Crippen LogP contribution < -0.4 is 5.32 Å². The van der Waals surface area contributed by atoms with Gasteiger partial charge in [0.2, 0.25) is 11.8 Å². The van der Waals surface area contributed by atoms with Crippen LogP contribution in [0.2, 0.25) is 0 Å². The molecule has 1 saturated heterocycles. The summed E-state index contributed by atoms with van der Waals surface area (Å²) in [6, 6.07) is 9.58. The Labute approximate surface area is 171 Å². The van der Waals surface area contributed by atoms with Gasteiger partial charge >= 0.3 is 0 Å². The molecule has 0 spiro atoms. The highest BCUT2D eigenvalue weighted by Crippen LogP contribution is 2.22. The molecule has 1 fully saturated rings. The van der Waals surface area contributed by atoms with E-state index in [-0.39, 0.29) is 18.4 Å². The van der Waals surface area contributed by atoms with Crippen LogP contribution in [-0.4, -0.2) is 64.5 Å². The number of benzene rings is 1. The molecule has 4 rings (SSSR count). The Morgan fingerprint density at radius 3 is 2.76 bits per heavy atom. The second-order valence-corrected chi connectivity index (χ2v) is 7.89. The first-order valence-corrected chi connectivity index (χ1v) is 10.2. The number of amides is 2. The van der Waals surface area contributed by atoms with E-state index in [1.807, 2.05) is 29.2 Å². The summed E-state index contributed by atoms with van der Waals surface area (Å²) in [4.78, 5) is 32.9. The monoisotopic (exact) mass is 411 g/mol. The predicted octanol–water partition coefficient (Wildman–Crippen LogP) is 2.39. The maximum Gasteiger partial charge on any atom is 0.246 e. The number of para-hydroxylation sites is 1. The van der Waals surface area contributed by atoms with E-state index >= 15 is 0 Å². The quantitative estimate of drug-likeness (QED) is 0.648. The van der Waals surface area contributed by atoms with Gasteiger partial charge in [0, 0.05) is 38.3 Å². The molecule has 0 aliphatic carbocycles. The molecule has 2 aromatic heterocycles. The van der Waals surface area contributed by atoms with E-state index in [0.717, 1.165) is 15.2 Å². The number of aromatic nitrogens is 2. The molecule has 3 heterocycles. The minimum atomic E-state index is -0.145. The van der Waals surface area contributed by atoms with Crippen molar-refractivity contribution in [3.8, 4) is 0 Å². The van der Waals surface area contributed by atoms with E-state index in [1.165, 1.54) is 0 Å². The summed E-state index contributed by atoms with van der Waals surface area (Å²) in [6.07, 6.45) is 3.35. The van der Waals surface area contributed by atoms with Crippen molar-refractivity contribution in [2.75, 3.05) is 38.0 Å². The Morgan fingerprint density at radius 1 is 1.24 bits per heavy atom. The fraction of sp³-hybridized carbons (Fsp3) is 0.300. The number of carbonyl (C=O) groups is 2. The Kier molecular flexibility index (Phi) is 5.68. The van der Waals surface area contributed by atoms with E-state index in [2.05, 4.69) is 15.5 Å². The summed E-state index contributed by atoms with van der Waals surface area (Å²) in [5.74, 6) is 0.882. The molecule has 1 N–H and O–H groups in total. The van der Waals surface area contributed by atoms with Gasteiger partial charge in [-0.1, -0.05) is 17.3 Å². The number of fused-ring (bicyclic) bond motifs is 1. The van der Waals surface area contributed by atoms with Crippen molar-refractivity contribution in [3.63, 3.8) is 0 Å². The normalized spacial score (nSPS) is 15.3. The molecule has 0 saturated carbocycles. The maximum atomic E-state index is 12.5. The van der Waals surface area contributed by atoms with Crippen molar-refractivity contribution >= 4 is 45.3 Å². The van der Waals surface area contributed by atoms with Crippen molar-refractivity contribution in [1.29, 1.82) is 0 Å². The lowest BCUT2D eigenvalue weighted by atomic mass is 10.3. The van der Waals surface area contributed by atoms with Crippen LogP contribution in [0.3, 0.4) is 0 Å². The minimum Gasteiger partial charge on any atom is -0.360 e. The standard InChI is InChI=1S/C20H21N5O3S/c1-14-12-17(23-28-14)22-18(26)13-24-8-10-25(11-9-24)20(27)7-6-19-21-15-4-2-3-5-16(15)29-19/h2-7,12H,8-11,13H2,1H3,(H,22,23,26)/b7-6+. The highest BCUT2D eigenvalue weighted by Gasteiger charge is 2.21. The van der Waals surface area contributed by atoms with Gasteiger partial charge in [0.25, 0.3) is 0 Å². The molecule has 8 nitrogen and oxygen atoms in total. The molecule has 1 aromatic carbocycles. The molecule has 9 heteroatoms. The molecule has 0 bridgehead atoms. The number of hydrogen-bond acceptors (Lipinski definition) is 7. The Balaban J connectivity index is 1.25. The molecule has 0 radical (unpaired) electrons. The number of anilines is 1. The van der Waals surface area contributed by atoms with Gasteiger partial charge in [0.15, 0.2) is 5.82 Å². The Morgan fingerprint density at radius 2 is 2.03 bits per heavy atom. The fourth-order valence-corrected chi connectivity index (χ4v) is 4.02. The van der Waals surface area contributed by atoms with E-state index in [9.17, 15) is 9.59 Å². The summed E-state index contributed by atoms with van der Waals surface area (Å²) < 4.78 is 6.04. The highest BCUT2D eigenvalue weighted by atomic mass is 32.1. The van der Waals surface area contributed by atoms with Gasteiger partial charge in [-0.3, -0.25) is 14.5 Å². The highest BCUT2D eigenvalue weighted by molar-refractivity contribution is 7.19. The van der Waals surface area contributed by atoms with Crippen molar-refractivity contribution in [1.82, 2.24) is 19.9 Å². The van der Waals surface area contributed by atoms with Gasteiger partial charge in [-0.25, -0.2) is 4.98 Å². The zero-order valence-corrected chi connectivity index (χ0v) is 16.8. The van der Waals surface area contributed by atoms with Crippen molar-refractivity contribution in [3.05, 3.63) is 47.2 Å². The molecule has 0 unspecified atom stereocenters. The van der Waals surface area contributed by atoms with E-state index in [1.54, 1.807) is 41.4 Å². The molecule has 1 aliphatic rings. The van der Waals surface area contributed by atoms with E-state index < -0.39 is 0 Å². The number of nitrogens with one attached hydrogen (secondary N) is 1.